The van der Waals surface area contributed by atoms with Crippen molar-refractivity contribution in [2.24, 2.45) is 0 Å². The number of benzene rings is 1. The normalized spacial score (nSPS) is 11.4. The summed E-state index contributed by atoms with van der Waals surface area (Å²) in [7, 11) is -1.30. The van der Waals surface area contributed by atoms with Crippen molar-refractivity contribution in [2.45, 2.75) is 26.3 Å². The van der Waals surface area contributed by atoms with Crippen molar-refractivity contribution in [2.75, 3.05) is 32.3 Å². The van der Waals surface area contributed by atoms with Gasteiger partial charge in [-0.3, -0.25) is 0 Å². The van der Waals surface area contributed by atoms with Gasteiger partial charge in [0.15, 0.2) is 0 Å². The molecular formula is C15H25NO4S. The van der Waals surface area contributed by atoms with Gasteiger partial charge in [-0.15, -0.1) is 0 Å². The zero-order valence-corrected chi connectivity index (χ0v) is 13.8. The van der Waals surface area contributed by atoms with Gasteiger partial charge in [-0.1, -0.05) is 6.92 Å². The average Bonchev–Trinajstić information content (AvgIpc) is 2.43. The minimum Gasteiger partial charge on any atom is -0.497 e. The minimum absolute atomic E-state index is 0.145. The van der Waals surface area contributed by atoms with Crippen LogP contribution in [0.3, 0.4) is 0 Å². The van der Waals surface area contributed by atoms with Crippen LogP contribution in [0, 0.1) is 0 Å². The molecule has 0 atom stereocenters. The predicted octanol–water partition coefficient (Wildman–Crippen LogP) is 2.01. The van der Waals surface area contributed by atoms with Crippen LogP contribution in [0.25, 0.3) is 0 Å². The first-order valence-electron chi connectivity index (χ1n) is 7.14. The summed E-state index contributed by atoms with van der Waals surface area (Å²) in [6.45, 7) is 4.14. The molecule has 0 unspecified atom stereocenters. The Bertz CT molecular complexity index is 528. The Morgan fingerprint density at radius 1 is 1.29 bits per heavy atom. The molecule has 0 fully saturated rings. The van der Waals surface area contributed by atoms with E-state index in [4.69, 9.17) is 9.47 Å². The topological polar surface area (TPSA) is 64.6 Å². The fourth-order valence-corrected chi connectivity index (χ4v) is 2.51. The molecule has 1 aromatic carbocycles. The van der Waals surface area contributed by atoms with E-state index < -0.39 is 9.84 Å². The first-order valence-corrected chi connectivity index (χ1v) is 9.20. The van der Waals surface area contributed by atoms with Crippen LogP contribution >= 0.6 is 0 Å². The van der Waals surface area contributed by atoms with E-state index >= 15 is 0 Å². The molecule has 120 valence electrons. The van der Waals surface area contributed by atoms with Gasteiger partial charge in [0, 0.05) is 18.4 Å². The van der Waals surface area contributed by atoms with Crippen molar-refractivity contribution < 1.29 is 17.9 Å². The number of rotatable bonds is 10. The number of methoxy groups -OCH3 is 1. The monoisotopic (exact) mass is 315 g/mol. The van der Waals surface area contributed by atoms with E-state index in [1.165, 1.54) is 6.26 Å². The van der Waals surface area contributed by atoms with Crippen molar-refractivity contribution in [3.05, 3.63) is 23.8 Å². The highest BCUT2D eigenvalue weighted by Gasteiger charge is 2.07. The van der Waals surface area contributed by atoms with Gasteiger partial charge >= 0.3 is 0 Å². The van der Waals surface area contributed by atoms with Gasteiger partial charge in [-0.25, -0.2) is 8.42 Å². The molecule has 0 amide bonds. The van der Waals surface area contributed by atoms with Crippen molar-refractivity contribution in [3.63, 3.8) is 0 Å². The second-order valence-electron chi connectivity index (χ2n) is 4.98. The molecule has 1 rings (SSSR count). The highest BCUT2D eigenvalue weighted by molar-refractivity contribution is 7.90. The fraction of sp³-hybridized carbons (Fsp3) is 0.600. The molecule has 6 heteroatoms. The van der Waals surface area contributed by atoms with E-state index in [0.29, 0.717) is 19.6 Å². The molecule has 0 radical (unpaired) electrons. The lowest BCUT2D eigenvalue weighted by atomic mass is 10.2. The molecule has 0 aliphatic carbocycles. The first kappa shape index (κ1) is 17.8. The molecular weight excluding hydrogens is 290 g/mol. The van der Waals surface area contributed by atoms with Crippen LogP contribution in [0.15, 0.2) is 18.2 Å². The zero-order valence-electron chi connectivity index (χ0n) is 13.0. The molecule has 0 spiro atoms. The molecule has 21 heavy (non-hydrogen) atoms. The summed E-state index contributed by atoms with van der Waals surface area (Å²) in [4.78, 5) is 0. The van der Waals surface area contributed by atoms with E-state index in [9.17, 15) is 8.42 Å². The molecule has 0 aromatic heterocycles. The predicted molar refractivity (Wildman–Crippen MR) is 84.8 cm³/mol. The molecule has 0 heterocycles. The lowest BCUT2D eigenvalue weighted by Gasteiger charge is -2.13. The molecule has 0 aliphatic heterocycles. The zero-order chi connectivity index (χ0) is 15.7. The van der Waals surface area contributed by atoms with Gasteiger partial charge < -0.3 is 14.8 Å². The summed E-state index contributed by atoms with van der Waals surface area (Å²) in [6, 6.07) is 5.64. The van der Waals surface area contributed by atoms with Gasteiger partial charge in [0.2, 0.25) is 0 Å². The smallest absolute Gasteiger partial charge is 0.147 e. The number of nitrogens with one attached hydrogen (secondary N) is 1. The Morgan fingerprint density at radius 3 is 2.67 bits per heavy atom. The lowest BCUT2D eigenvalue weighted by Crippen LogP contribution is -2.15. The van der Waals surface area contributed by atoms with Crippen LogP contribution in [0.5, 0.6) is 11.5 Å². The highest BCUT2D eigenvalue weighted by Crippen LogP contribution is 2.24. The molecule has 5 nitrogen and oxygen atoms in total. The van der Waals surface area contributed by atoms with Crippen molar-refractivity contribution in [3.8, 4) is 11.5 Å². The van der Waals surface area contributed by atoms with Crippen molar-refractivity contribution in [1.29, 1.82) is 0 Å². The van der Waals surface area contributed by atoms with E-state index in [2.05, 4.69) is 12.2 Å². The molecule has 0 bridgehead atoms. The maximum Gasteiger partial charge on any atom is 0.147 e. The number of sulfone groups is 1. The average molecular weight is 315 g/mol. The summed E-state index contributed by atoms with van der Waals surface area (Å²) in [5, 5.41) is 3.33. The Kier molecular flexibility index (Phi) is 7.53. The van der Waals surface area contributed by atoms with E-state index in [1.807, 2.05) is 18.2 Å². The van der Waals surface area contributed by atoms with Crippen LogP contribution < -0.4 is 14.8 Å². The SMILES string of the molecule is CCCNCc1cc(OC)ccc1OCCCS(C)(=O)=O. The number of hydrogen-bond acceptors (Lipinski definition) is 5. The molecule has 0 saturated carbocycles. The Morgan fingerprint density at radius 2 is 2.05 bits per heavy atom. The van der Waals surface area contributed by atoms with Crippen molar-refractivity contribution in [1.82, 2.24) is 5.32 Å². The second-order valence-corrected chi connectivity index (χ2v) is 7.24. The van der Waals surface area contributed by atoms with Crippen molar-refractivity contribution >= 4 is 9.84 Å². The standard InChI is InChI=1S/C15H25NO4S/c1-4-8-16-12-13-11-14(19-2)6-7-15(13)20-9-5-10-21(3,17)18/h6-7,11,16H,4-5,8-10,12H2,1-3H3. The van der Waals surface area contributed by atoms with Crippen LogP contribution in [-0.4, -0.2) is 40.7 Å². The van der Waals surface area contributed by atoms with Gasteiger partial charge in [0.05, 0.1) is 19.5 Å². The largest absolute Gasteiger partial charge is 0.497 e. The molecule has 0 aliphatic rings. The third kappa shape index (κ3) is 7.34. The Balaban J connectivity index is 2.61. The lowest BCUT2D eigenvalue weighted by molar-refractivity contribution is 0.312. The number of ether oxygens (including phenoxy) is 2. The maximum absolute atomic E-state index is 11.1. The van der Waals surface area contributed by atoms with Crippen LogP contribution in [-0.2, 0) is 16.4 Å². The van der Waals surface area contributed by atoms with E-state index in [-0.39, 0.29) is 5.75 Å². The third-order valence-corrected chi connectivity index (χ3v) is 3.96. The van der Waals surface area contributed by atoms with Crippen LogP contribution in [0.4, 0.5) is 0 Å². The summed E-state index contributed by atoms with van der Waals surface area (Å²) < 4.78 is 33.1. The maximum atomic E-state index is 11.1. The second kappa shape index (κ2) is 8.89. The van der Waals surface area contributed by atoms with E-state index in [1.54, 1.807) is 7.11 Å². The van der Waals surface area contributed by atoms with E-state index in [0.717, 1.165) is 30.0 Å². The first-order chi connectivity index (χ1) is 9.96. The Labute approximate surface area is 127 Å². The minimum atomic E-state index is -2.93. The third-order valence-electron chi connectivity index (χ3n) is 2.93. The summed E-state index contributed by atoms with van der Waals surface area (Å²) in [5.41, 5.74) is 1.02. The number of hydrogen-bond donors (Lipinski definition) is 1. The van der Waals surface area contributed by atoms with Gasteiger partial charge in [0.1, 0.15) is 21.3 Å². The van der Waals surface area contributed by atoms with Gasteiger partial charge in [0.25, 0.3) is 0 Å². The van der Waals surface area contributed by atoms with Crippen LogP contribution in [0.2, 0.25) is 0 Å². The molecule has 0 saturated heterocycles. The summed E-state index contributed by atoms with van der Waals surface area (Å²) in [5.74, 6) is 1.70. The quantitative estimate of drug-likeness (QED) is 0.669. The molecule has 1 N–H and O–H groups in total. The Hall–Kier alpha value is -1.27. The fourth-order valence-electron chi connectivity index (χ4n) is 1.86. The highest BCUT2D eigenvalue weighted by atomic mass is 32.2. The molecule has 1 aromatic rings. The van der Waals surface area contributed by atoms with Crippen LogP contribution in [0.1, 0.15) is 25.3 Å². The summed E-state index contributed by atoms with van der Waals surface area (Å²) in [6.07, 6.45) is 2.79. The van der Waals surface area contributed by atoms with Gasteiger partial charge in [-0.05, 0) is 37.6 Å². The van der Waals surface area contributed by atoms with Gasteiger partial charge in [-0.2, -0.15) is 0 Å². The summed E-state index contributed by atoms with van der Waals surface area (Å²) >= 11 is 0.